The van der Waals surface area contributed by atoms with Crippen molar-refractivity contribution in [3.05, 3.63) is 0 Å². The van der Waals surface area contributed by atoms with E-state index in [0.717, 1.165) is 0 Å². The molecule has 3 heteroatoms. The van der Waals surface area contributed by atoms with Crippen LogP contribution in [0.3, 0.4) is 0 Å². The van der Waals surface area contributed by atoms with Gasteiger partial charge in [0.2, 0.25) is 0 Å². The zero-order valence-corrected chi connectivity index (χ0v) is 7.11. The summed E-state index contributed by atoms with van der Waals surface area (Å²) in [6, 6.07) is 0. The minimum absolute atomic E-state index is 0. The molecule has 1 N–H and O–H groups in total. The molecule has 6 heavy (non-hydrogen) atoms. The van der Waals surface area contributed by atoms with Crippen molar-refractivity contribution in [2.75, 3.05) is 7.11 Å². The van der Waals surface area contributed by atoms with E-state index in [-0.39, 0.29) is 19.5 Å². The van der Waals surface area contributed by atoms with Crippen LogP contribution in [0.25, 0.3) is 0 Å². The van der Waals surface area contributed by atoms with Crippen molar-refractivity contribution in [1.82, 2.24) is 0 Å². The van der Waals surface area contributed by atoms with E-state index >= 15 is 0 Å². The molecule has 0 radical (unpaired) electrons. The van der Waals surface area contributed by atoms with Gasteiger partial charge in [-0.2, -0.15) is 0 Å². The van der Waals surface area contributed by atoms with Gasteiger partial charge in [-0.15, -0.1) is 0 Å². The molecule has 34 valence electrons. The van der Waals surface area contributed by atoms with Gasteiger partial charge >= 0.3 is 0 Å². The van der Waals surface area contributed by atoms with Gasteiger partial charge in [-0.05, 0) is 6.92 Å². The quantitative estimate of drug-likeness (QED) is 0.411. The van der Waals surface area contributed by atoms with E-state index in [9.17, 15) is 0 Å². The maximum atomic E-state index is 8.14. The van der Waals surface area contributed by atoms with Crippen LogP contribution in [0.4, 0.5) is 0 Å². The second-order valence-electron chi connectivity index (χ2n) is 0.835. The average molecular weight is 141 g/mol. The Balaban J connectivity index is 0. The Morgan fingerprint density at radius 3 is 1.83 bits per heavy atom. The summed E-state index contributed by atoms with van der Waals surface area (Å²) >= 11 is 0. The topological polar surface area (TPSA) is 29.5 Å². The molecule has 0 amide bonds. The molecule has 0 saturated carbocycles. The summed E-state index contributed by atoms with van der Waals surface area (Å²) < 4.78 is 4.31. The van der Waals surface area contributed by atoms with Crippen LogP contribution in [0.1, 0.15) is 6.92 Å². The maximum Gasteiger partial charge on any atom is 0.151 e. The molecule has 0 aromatic rings. The number of aliphatic hydroxyl groups excluding tert-OH is 1. The predicted octanol–water partition coefficient (Wildman–Crippen LogP) is -0.0314. The third-order valence-corrected chi connectivity index (χ3v) is 0.341. The maximum absolute atomic E-state index is 8.14. The van der Waals surface area contributed by atoms with Gasteiger partial charge in [-0.1, -0.05) is 0 Å². The van der Waals surface area contributed by atoms with E-state index in [1.54, 1.807) is 6.92 Å². The summed E-state index contributed by atoms with van der Waals surface area (Å²) in [6.45, 7) is 1.56. The second kappa shape index (κ2) is 5.54. The molecule has 1 unspecified atom stereocenters. The second-order valence-corrected chi connectivity index (χ2v) is 0.835. The van der Waals surface area contributed by atoms with E-state index in [1.165, 1.54) is 7.11 Å². The Hall–Kier alpha value is 0.543. The molecule has 0 aromatic carbocycles. The fraction of sp³-hybridized carbons (Fsp3) is 1.00. The van der Waals surface area contributed by atoms with Gasteiger partial charge in [-0.3, -0.25) is 0 Å². The van der Waals surface area contributed by atoms with Gasteiger partial charge in [0.25, 0.3) is 0 Å². The molecule has 0 aliphatic carbocycles. The van der Waals surface area contributed by atoms with E-state index in [4.69, 9.17) is 5.11 Å². The van der Waals surface area contributed by atoms with Crippen molar-refractivity contribution >= 4 is 0 Å². The van der Waals surface area contributed by atoms with Crippen molar-refractivity contribution in [2.24, 2.45) is 0 Å². The van der Waals surface area contributed by atoms with Crippen LogP contribution in [0.2, 0.25) is 0 Å². The molecule has 0 rings (SSSR count). The molecule has 0 spiro atoms. The largest absolute Gasteiger partial charge is 0.368 e. The fourth-order valence-electron chi connectivity index (χ4n) is 0. The molecule has 0 fully saturated rings. The number of hydrogen-bond acceptors (Lipinski definition) is 2. The summed E-state index contributed by atoms with van der Waals surface area (Å²) in [6.07, 6.45) is -0.616. The van der Waals surface area contributed by atoms with E-state index in [1.807, 2.05) is 0 Å². The molecule has 0 aliphatic rings. The summed E-state index contributed by atoms with van der Waals surface area (Å²) in [5, 5.41) is 8.14. The molecule has 0 bridgehead atoms. The third kappa shape index (κ3) is 8.82. The zero-order valence-electron chi connectivity index (χ0n) is 4.14. The molecular weight excluding hydrogens is 133 g/mol. The third-order valence-electron chi connectivity index (χ3n) is 0.341. The molecule has 1 atom stereocenters. The first kappa shape index (κ1) is 9.74. The van der Waals surface area contributed by atoms with E-state index < -0.39 is 6.29 Å². The number of aliphatic hydroxyl groups is 1. The van der Waals surface area contributed by atoms with Crippen molar-refractivity contribution in [3.8, 4) is 0 Å². The zero-order chi connectivity index (χ0) is 4.28. The predicted molar refractivity (Wildman–Crippen MR) is 18.7 cm³/mol. The van der Waals surface area contributed by atoms with Crippen molar-refractivity contribution < 1.29 is 29.3 Å². The molecule has 0 saturated heterocycles. The van der Waals surface area contributed by atoms with Crippen LogP contribution < -0.4 is 0 Å². The Morgan fingerprint density at radius 2 is 1.83 bits per heavy atom. The van der Waals surface area contributed by atoms with Crippen LogP contribution in [0.5, 0.6) is 0 Å². The van der Waals surface area contributed by atoms with Gasteiger partial charge in [0.05, 0.1) is 0 Å². The standard InChI is InChI=1S/C3H8O2.Zn/c1-3(4)5-2;/h3-4H,1-2H3;. The molecule has 2 nitrogen and oxygen atoms in total. The van der Waals surface area contributed by atoms with Crippen LogP contribution in [0.15, 0.2) is 0 Å². The first-order valence-electron chi connectivity index (χ1n) is 1.48. The first-order chi connectivity index (χ1) is 2.27. The number of ether oxygens (including phenoxy) is 1. The number of hydrogen-bond donors (Lipinski definition) is 1. The van der Waals surface area contributed by atoms with Crippen LogP contribution in [-0.2, 0) is 24.2 Å². The van der Waals surface area contributed by atoms with Crippen molar-refractivity contribution in [2.45, 2.75) is 13.2 Å². The van der Waals surface area contributed by atoms with E-state index in [2.05, 4.69) is 4.74 Å². The normalized spacial score (nSPS) is 12.5. The Labute approximate surface area is 50.3 Å². The van der Waals surface area contributed by atoms with Gasteiger partial charge in [0.1, 0.15) is 0 Å². The van der Waals surface area contributed by atoms with Crippen LogP contribution >= 0.6 is 0 Å². The van der Waals surface area contributed by atoms with Gasteiger partial charge in [0, 0.05) is 26.6 Å². The summed E-state index contributed by atoms with van der Waals surface area (Å²) in [5.74, 6) is 0. The Bertz CT molecular complexity index is 22.8. The smallest absolute Gasteiger partial charge is 0.151 e. The minimum atomic E-state index is -0.616. The molecule has 0 heterocycles. The monoisotopic (exact) mass is 140 g/mol. The Morgan fingerprint density at radius 1 is 1.67 bits per heavy atom. The van der Waals surface area contributed by atoms with Crippen LogP contribution in [-0.4, -0.2) is 18.5 Å². The number of rotatable bonds is 1. The first-order valence-corrected chi connectivity index (χ1v) is 1.48. The summed E-state index contributed by atoms with van der Waals surface area (Å²) in [5.41, 5.74) is 0. The molecular formula is C3H8O2Zn. The van der Waals surface area contributed by atoms with Crippen molar-refractivity contribution in [3.63, 3.8) is 0 Å². The van der Waals surface area contributed by atoms with Crippen molar-refractivity contribution in [1.29, 1.82) is 0 Å². The van der Waals surface area contributed by atoms with E-state index in [0.29, 0.717) is 0 Å². The Kier molecular flexibility index (Phi) is 9.00. The average Bonchev–Trinajstić information content (AvgIpc) is 1.38. The van der Waals surface area contributed by atoms with Gasteiger partial charge in [-0.25, -0.2) is 0 Å². The molecule has 0 aliphatic heterocycles. The summed E-state index contributed by atoms with van der Waals surface area (Å²) in [4.78, 5) is 0. The number of methoxy groups -OCH3 is 1. The minimum Gasteiger partial charge on any atom is -0.368 e. The SMILES string of the molecule is COC(C)O.[Zn]. The molecule has 0 aromatic heterocycles. The fourth-order valence-corrected chi connectivity index (χ4v) is 0. The summed E-state index contributed by atoms with van der Waals surface area (Å²) in [7, 11) is 1.45. The van der Waals surface area contributed by atoms with Crippen LogP contribution in [0, 0.1) is 0 Å². The van der Waals surface area contributed by atoms with Gasteiger partial charge < -0.3 is 9.84 Å². The van der Waals surface area contributed by atoms with Gasteiger partial charge in [0.15, 0.2) is 6.29 Å².